The molecular formula is C12H16ClN2O4+. The lowest BCUT2D eigenvalue weighted by Gasteiger charge is -2.30. The van der Waals surface area contributed by atoms with Gasteiger partial charge >= 0.3 is 11.2 Å². The number of fused-ring (bicyclic) bond motifs is 1. The van der Waals surface area contributed by atoms with E-state index in [1.807, 2.05) is 0 Å². The number of nitrogens with zero attached hydrogens (tertiary/aromatic N) is 2. The molecule has 0 bridgehead atoms. The third-order valence-electron chi connectivity index (χ3n) is 2.44. The van der Waals surface area contributed by atoms with E-state index in [9.17, 15) is 10.0 Å². The van der Waals surface area contributed by atoms with Crippen LogP contribution in [0.5, 0.6) is 5.75 Å². The summed E-state index contributed by atoms with van der Waals surface area (Å²) in [6.07, 6.45) is 0.833. The van der Waals surface area contributed by atoms with Crippen LogP contribution in [0.2, 0.25) is 5.15 Å². The van der Waals surface area contributed by atoms with Crippen LogP contribution in [0.25, 0.3) is 0 Å². The molecule has 0 saturated carbocycles. The van der Waals surface area contributed by atoms with Gasteiger partial charge < -0.3 is 9.47 Å². The monoisotopic (exact) mass is 287 g/mol. The fourth-order valence-electron chi connectivity index (χ4n) is 1.68. The first-order valence-corrected chi connectivity index (χ1v) is 6.23. The summed E-state index contributed by atoms with van der Waals surface area (Å²) < 4.78 is 11.5. The molecule has 1 aromatic heterocycles. The fourth-order valence-corrected chi connectivity index (χ4v) is 1.83. The summed E-state index contributed by atoms with van der Waals surface area (Å²) in [5.74, 6) is 0.437. The molecule has 2 heterocycles. The van der Waals surface area contributed by atoms with Crippen LogP contribution in [0.1, 0.15) is 20.8 Å². The summed E-state index contributed by atoms with van der Waals surface area (Å²) in [5, 5.41) is 9.66. The van der Waals surface area contributed by atoms with Crippen molar-refractivity contribution in [3.8, 4) is 5.75 Å². The summed E-state index contributed by atoms with van der Waals surface area (Å²) in [5.41, 5.74) is -0.163. The van der Waals surface area contributed by atoms with Gasteiger partial charge in [-0.15, -0.1) is 0 Å². The fraction of sp³-hybridized carbons (Fsp3) is 0.500. The molecule has 1 aliphatic rings. The number of ether oxygens (including phenoxy) is 2. The maximum absolute atomic E-state index is 12.1. The second-order valence-corrected chi connectivity index (χ2v) is 5.56. The van der Waals surface area contributed by atoms with Crippen LogP contribution < -0.4 is 14.4 Å². The van der Waals surface area contributed by atoms with Gasteiger partial charge in [0.2, 0.25) is 0 Å². The minimum absolute atomic E-state index is 0.102. The van der Waals surface area contributed by atoms with Crippen LogP contribution in [0.4, 0.5) is 10.5 Å². The van der Waals surface area contributed by atoms with Crippen molar-refractivity contribution in [2.45, 2.75) is 26.4 Å². The minimum atomic E-state index is -0.586. The van der Waals surface area contributed by atoms with Crippen LogP contribution >= 0.6 is 11.6 Å². The number of halogens is 1. The van der Waals surface area contributed by atoms with Gasteiger partial charge in [-0.3, -0.25) is 10.1 Å². The summed E-state index contributed by atoms with van der Waals surface area (Å²) in [6.45, 7) is 6.07. The normalized spacial score (nSPS) is 14.6. The lowest BCUT2D eigenvalue weighted by Crippen LogP contribution is -2.43. The number of carbonyl (C=O) groups excluding carboxylic acids is 1. The van der Waals surface area contributed by atoms with Crippen molar-refractivity contribution in [3.05, 3.63) is 17.4 Å². The molecular weight excluding hydrogens is 272 g/mol. The van der Waals surface area contributed by atoms with Gasteiger partial charge in [0, 0.05) is 4.73 Å². The lowest BCUT2D eigenvalue weighted by atomic mass is 10.2. The van der Waals surface area contributed by atoms with Crippen molar-refractivity contribution in [1.29, 1.82) is 0 Å². The first kappa shape index (κ1) is 13.7. The molecule has 0 radical (unpaired) electrons. The molecule has 0 aromatic carbocycles. The van der Waals surface area contributed by atoms with Gasteiger partial charge in [-0.05, 0) is 32.4 Å². The summed E-state index contributed by atoms with van der Waals surface area (Å²) >= 11 is 5.78. The summed E-state index contributed by atoms with van der Waals surface area (Å²) in [4.78, 5) is 13.5. The number of carbonyl (C=O) groups is 1. The third kappa shape index (κ3) is 3.01. The molecule has 104 valence electrons. The molecule has 1 N–H and O–H groups in total. The topological polar surface area (TPSA) is 62.9 Å². The first-order chi connectivity index (χ1) is 8.78. The minimum Gasteiger partial charge on any atom is -0.489 e. The molecule has 1 amide bonds. The van der Waals surface area contributed by atoms with Gasteiger partial charge in [0.25, 0.3) is 6.20 Å². The quantitative estimate of drug-likeness (QED) is 0.450. The Hall–Kier alpha value is -1.69. The SMILES string of the molecule is CC(C)(C)OC(=O)N1CCOc2cc(Cl)[n+](O)cc21. The van der Waals surface area contributed by atoms with Crippen molar-refractivity contribution >= 4 is 23.4 Å². The third-order valence-corrected chi connectivity index (χ3v) is 2.73. The molecule has 19 heavy (non-hydrogen) atoms. The van der Waals surface area contributed by atoms with Gasteiger partial charge in [-0.1, -0.05) is 0 Å². The Labute approximate surface area is 116 Å². The van der Waals surface area contributed by atoms with Crippen molar-refractivity contribution in [2.24, 2.45) is 0 Å². The maximum Gasteiger partial charge on any atom is 0.415 e. The molecule has 0 spiro atoms. The molecule has 6 nitrogen and oxygen atoms in total. The molecule has 1 aliphatic heterocycles. The molecule has 0 saturated heterocycles. The summed E-state index contributed by atoms with van der Waals surface area (Å²) in [6, 6.07) is 1.45. The van der Waals surface area contributed by atoms with E-state index in [2.05, 4.69) is 0 Å². The van der Waals surface area contributed by atoms with E-state index in [-0.39, 0.29) is 5.15 Å². The highest BCUT2D eigenvalue weighted by molar-refractivity contribution is 6.28. The number of hydrogen-bond acceptors (Lipinski definition) is 4. The van der Waals surface area contributed by atoms with Crippen LogP contribution in [0.15, 0.2) is 12.3 Å². The zero-order chi connectivity index (χ0) is 14.2. The predicted octanol–water partition coefficient (Wildman–Crippen LogP) is 2.00. The Morgan fingerprint density at radius 1 is 1.58 bits per heavy atom. The highest BCUT2D eigenvalue weighted by Gasteiger charge is 2.31. The van der Waals surface area contributed by atoms with Crippen molar-refractivity contribution in [3.63, 3.8) is 0 Å². The summed E-state index contributed by atoms with van der Waals surface area (Å²) in [7, 11) is 0. The smallest absolute Gasteiger partial charge is 0.415 e. The lowest BCUT2D eigenvalue weighted by molar-refractivity contribution is -0.902. The Kier molecular flexibility index (Phi) is 3.45. The van der Waals surface area contributed by atoms with E-state index < -0.39 is 11.7 Å². The van der Waals surface area contributed by atoms with E-state index >= 15 is 0 Å². The number of hydrogen-bond donors (Lipinski definition) is 1. The molecule has 1 aromatic rings. The molecule has 0 atom stereocenters. The van der Waals surface area contributed by atoms with E-state index in [1.165, 1.54) is 17.2 Å². The van der Waals surface area contributed by atoms with E-state index in [0.717, 1.165) is 4.73 Å². The average molecular weight is 288 g/mol. The van der Waals surface area contributed by atoms with Gasteiger partial charge in [-0.2, -0.15) is 0 Å². The molecule has 0 fully saturated rings. The second-order valence-electron chi connectivity index (χ2n) is 5.17. The van der Waals surface area contributed by atoms with Crippen molar-refractivity contribution in [1.82, 2.24) is 0 Å². The largest absolute Gasteiger partial charge is 0.489 e. The van der Waals surface area contributed by atoms with E-state index in [1.54, 1.807) is 20.8 Å². The van der Waals surface area contributed by atoms with Crippen LogP contribution in [0, 0.1) is 0 Å². The number of amides is 1. The first-order valence-electron chi connectivity index (χ1n) is 5.86. The molecule has 0 unspecified atom stereocenters. The number of anilines is 1. The van der Waals surface area contributed by atoms with E-state index in [0.29, 0.717) is 24.6 Å². The van der Waals surface area contributed by atoms with Crippen LogP contribution in [-0.2, 0) is 4.74 Å². The molecule has 0 aliphatic carbocycles. The number of aromatic nitrogens is 1. The zero-order valence-electron chi connectivity index (χ0n) is 11.0. The van der Waals surface area contributed by atoms with E-state index in [4.69, 9.17) is 21.1 Å². The standard InChI is InChI=1S/C12H16ClN2O4/c1-12(2,3)19-11(16)14-4-5-18-9-6-10(13)15(17)7-8(9)14/h6-7,17H,4-5H2,1-3H3/q+1. The van der Waals surface area contributed by atoms with Crippen molar-refractivity contribution < 1.29 is 24.2 Å². The second kappa shape index (κ2) is 4.77. The van der Waals surface area contributed by atoms with Gasteiger partial charge in [0.1, 0.15) is 12.2 Å². The molecule has 7 heteroatoms. The van der Waals surface area contributed by atoms with Gasteiger partial charge in [-0.25, -0.2) is 4.79 Å². The Bertz CT molecular complexity index is 513. The van der Waals surface area contributed by atoms with Crippen molar-refractivity contribution in [2.75, 3.05) is 18.1 Å². The zero-order valence-corrected chi connectivity index (χ0v) is 11.8. The average Bonchev–Trinajstić information content (AvgIpc) is 2.27. The highest BCUT2D eigenvalue weighted by Crippen LogP contribution is 2.32. The number of pyridine rings is 1. The van der Waals surface area contributed by atoms with Gasteiger partial charge in [0.15, 0.2) is 11.4 Å². The Morgan fingerprint density at radius 2 is 2.26 bits per heavy atom. The molecule has 2 rings (SSSR count). The predicted molar refractivity (Wildman–Crippen MR) is 67.9 cm³/mol. The number of rotatable bonds is 0. The Morgan fingerprint density at radius 3 is 2.89 bits per heavy atom. The van der Waals surface area contributed by atoms with Gasteiger partial charge in [0.05, 0.1) is 12.6 Å². The van der Waals surface area contributed by atoms with Crippen LogP contribution in [0.3, 0.4) is 0 Å². The highest BCUT2D eigenvalue weighted by atomic mass is 35.5. The Balaban J connectivity index is 2.32. The van der Waals surface area contributed by atoms with Crippen LogP contribution in [-0.4, -0.2) is 30.1 Å². The maximum atomic E-state index is 12.1.